The number of carbonyl (C=O) groups is 2. The molecule has 2 fully saturated rings. The van der Waals surface area contributed by atoms with E-state index in [0.29, 0.717) is 17.9 Å². The number of ether oxygens (including phenoxy) is 1. The van der Waals surface area contributed by atoms with E-state index in [2.05, 4.69) is 32.9 Å². The van der Waals surface area contributed by atoms with Crippen molar-refractivity contribution in [2.24, 2.45) is 11.8 Å². The van der Waals surface area contributed by atoms with Crippen LogP contribution in [0.15, 0.2) is 132 Å². The van der Waals surface area contributed by atoms with Crippen molar-refractivity contribution in [2.75, 3.05) is 0 Å². The average molecular weight is 729 g/mol. The molecule has 7 nitrogen and oxygen atoms in total. The molecule has 2 amide bonds. The highest BCUT2D eigenvalue weighted by Gasteiger charge is 2.58. The second kappa shape index (κ2) is 14.5. The van der Waals surface area contributed by atoms with Crippen LogP contribution in [0.2, 0.25) is 0 Å². The maximum Gasteiger partial charge on any atom is 0.335 e. The number of carbonyl (C=O) groups excluding carboxylic acids is 2. The van der Waals surface area contributed by atoms with Crippen LogP contribution >= 0.6 is 0 Å². The molecule has 5 aromatic rings. The lowest BCUT2D eigenvalue weighted by atomic mass is 9.64. The smallest absolute Gasteiger partial charge is 0.335 e. The Balaban J connectivity index is 1.37. The van der Waals surface area contributed by atoms with Crippen molar-refractivity contribution in [3.63, 3.8) is 0 Å². The molecule has 0 N–H and O–H groups in total. The Hall–Kier alpha value is -4.95. The van der Waals surface area contributed by atoms with Crippen LogP contribution in [-0.4, -0.2) is 41.8 Å². The fourth-order valence-corrected chi connectivity index (χ4v) is 10.2. The fraction of sp³-hybridized carbons (Fsp3) is 0.333. The summed E-state index contributed by atoms with van der Waals surface area (Å²) in [6.45, 7) is 10.3. The van der Waals surface area contributed by atoms with Crippen LogP contribution in [0.5, 0.6) is 0 Å². The Kier molecular flexibility index (Phi) is 9.94. The van der Waals surface area contributed by atoms with Crippen LogP contribution in [0.4, 0.5) is 4.79 Å². The molecule has 0 spiro atoms. The SMILES string of the molecule is Cc1ccc(S(=O)(=O)N2C(=O)N(C(C)c3cccc4ccccc34)C(C(=O)OC3CC(C)CCC3C(C)(C)c3ccccc3)C2c2ccccc2)cc1. The monoisotopic (exact) mass is 728 g/mol. The number of rotatable bonds is 9. The molecule has 5 aromatic carbocycles. The van der Waals surface area contributed by atoms with E-state index < -0.39 is 46.3 Å². The van der Waals surface area contributed by atoms with E-state index in [0.717, 1.165) is 39.0 Å². The summed E-state index contributed by atoms with van der Waals surface area (Å²) in [5.41, 5.74) is 3.08. The fourth-order valence-electron chi connectivity index (χ4n) is 8.67. The minimum Gasteiger partial charge on any atom is -0.460 e. The number of nitrogens with zero attached hydrogens (tertiary/aromatic N) is 2. The molecule has 1 heterocycles. The van der Waals surface area contributed by atoms with Gasteiger partial charge in [0.25, 0.3) is 10.0 Å². The zero-order chi connectivity index (χ0) is 37.5. The van der Waals surface area contributed by atoms with Gasteiger partial charge in [0.15, 0.2) is 6.04 Å². The van der Waals surface area contributed by atoms with Gasteiger partial charge in [0.05, 0.1) is 10.9 Å². The number of benzene rings is 5. The summed E-state index contributed by atoms with van der Waals surface area (Å²) < 4.78 is 37.1. The van der Waals surface area contributed by atoms with Crippen molar-refractivity contribution in [3.05, 3.63) is 150 Å². The number of esters is 1. The van der Waals surface area contributed by atoms with Gasteiger partial charge < -0.3 is 9.64 Å². The molecule has 1 saturated heterocycles. The first-order chi connectivity index (χ1) is 25.4. The second-order valence-corrected chi connectivity index (χ2v) is 17.3. The first-order valence-electron chi connectivity index (χ1n) is 18.6. The van der Waals surface area contributed by atoms with Gasteiger partial charge in [-0.25, -0.2) is 22.3 Å². The molecule has 6 atom stereocenters. The van der Waals surface area contributed by atoms with Crippen molar-refractivity contribution in [2.45, 2.75) is 88.4 Å². The number of hydrogen-bond acceptors (Lipinski definition) is 5. The molecule has 1 saturated carbocycles. The van der Waals surface area contributed by atoms with Crippen LogP contribution in [0.1, 0.15) is 81.3 Å². The molecule has 0 bridgehead atoms. The van der Waals surface area contributed by atoms with Crippen LogP contribution in [0, 0.1) is 18.8 Å². The third-order valence-electron chi connectivity index (χ3n) is 11.7. The Labute approximate surface area is 313 Å². The molecule has 0 radical (unpaired) electrons. The quantitative estimate of drug-likeness (QED) is 0.141. The van der Waals surface area contributed by atoms with E-state index in [1.807, 2.05) is 80.6 Å². The largest absolute Gasteiger partial charge is 0.460 e. The van der Waals surface area contributed by atoms with Crippen LogP contribution in [0.25, 0.3) is 10.8 Å². The minimum absolute atomic E-state index is 0.00802. The predicted molar refractivity (Wildman–Crippen MR) is 209 cm³/mol. The van der Waals surface area contributed by atoms with Gasteiger partial charge in [0.1, 0.15) is 12.1 Å². The van der Waals surface area contributed by atoms with Gasteiger partial charge in [-0.3, -0.25) is 0 Å². The molecule has 274 valence electrons. The number of urea groups is 1. The van der Waals surface area contributed by atoms with Gasteiger partial charge in [0.2, 0.25) is 0 Å². The topological polar surface area (TPSA) is 84.0 Å². The first-order valence-corrected chi connectivity index (χ1v) is 20.1. The maximum absolute atomic E-state index is 15.2. The van der Waals surface area contributed by atoms with Crippen LogP contribution < -0.4 is 0 Å². The normalized spacial score (nSPS) is 22.9. The summed E-state index contributed by atoms with van der Waals surface area (Å²) >= 11 is 0. The molecular weight excluding hydrogens is 681 g/mol. The van der Waals surface area contributed by atoms with E-state index in [4.69, 9.17) is 4.74 Å². The summed E-state index contributed by atoms with van der Waals surface area (Å²) in [5.74, 6) is -0.266. The van der Waals surface area contributed by atoms with Crippen molar-refractivity contribution in [1.82, 2.24) is 9.21 Å². The van der Waals surface area contributed by atoms with Crippen molar-refractivity contribution >= 4 is 32.8 Å². The summed E-state index contributed by atoms with van der Waals surface area (Å²) in [7, 11) is -4.44. The maximum atomic E-state index is 15.2. The lowest BCUT2D eigenvalue weighted by Gasteiger charge is -2.44. The van der Waals surface area contributed by atoms with E-state index in [-0.39, 0.29) is 16.2 Å². The number of aryl methyl sites for hydroxylation is 1. The first kappa shape index (κ1) is 36.4. The summed E-state index contributed by atoms with van der Waals surface area (Å²) in [6.07, 6.45) is 2.12. The number of fused-ring (bicyclic) bond motifs is 1. The third kappa shape index (κ3) is 6.74. The zero-order valence-electron chi connectivity index (χ0n) is 31.1. The van der Waals surface area contributed by atoms with Crippen molar-refractivity contribution in [1.29, 1.82) is 0 Å². The Morgan fingerprint density at radius 2 is 1.43 bits per heavy atom. The molecule has 8 heteroatoms. The number of sulfonamides is 1. The Morgan fingerprint density at radius 3 is 2.13 bits per heavy atom. The third-order valence-corrected chi connectivity index (χ3v) is 13.4. The van der Waals surface area contributed by atoms with Crippen LogP contribution in [-0.2, 0) is 25.0 Å². The van der Waals surface area contributed by atoms with E-state index in [1.54, 1.807) is 36.4 Å². The van der Waals surface area contributed by atoms with Gasteiger partial charge in [-0.05, 0) is 77.6 Å². The summed E-state index contributed by atoms with van der Waals surface area (Å²) in [4.78, 5) is 31.7. The van der Waals surface area contributed by atoms with Crippen molar-refractivity contribution in [3.8, 4) is 0 Å². The standard InChI is InChI=1S/C45H48N2O5S/c1-30-23-26-36(27-24-30)53(50,51)47-41(34-16-8-6-9-17-34)42(46(44(47)49)32(3)37-22-14-18-33-15-12-13-21-38(33)37)43(48)52-40-29-31(2)25-28-39(40)45(4,5)35-19-10-7-11-20-35/h6-24,26-27,31-32,39-42H,25,28-29H2,1-5H3. The minimum atomic E-state index is -4.44. The summed E-state index contributed by atoms with van der Waals surface area (Å²) in [5, 5.41) is 1.90. The molecular formula is C45H48N2O5S. The lowest BCUT2D eigenvalue weighted by Crippen LogP contribution is -2.48. The average Bonchev–Trinajstić information content (AvgIpc) is 3.48. The van der Waals surface area contributed by atoms with E-state index >= 15 is 9.59 Å². The predicted octanol–water partition coefficient (Wildman–Crippen LogP) is 9.77. The second-order valence-electron chi connectivity index (χ2n) is 15.4. The molecule has 1 aliphatic carbocycles. The van der Waals surface area contributed by atoms with Gasteiger partial charge in [-0.2, -0.15) is 0 Å². The lowest BCUT2D eigenvalue weighted by molar-refractivity contribution is -0.162. The van der Waals surface area contributed by atoms with Gasteiger partial charge in [0, 0.05) is 5.92 Å². The molecule has 1 aliphatic heterocycles. The molecule has 53 heavy (non-hydrogen) atoms. The van der Waals surface area contributed by atoms with E-state index in [9.17, 15) is 8.42 Å². The number of amides is 2. The highest BCUT2D eigenvalue weighted by Crippen LogP contribution is 2.47. The Morgan fingerprint density at radius 1 is 0.811 bits per heavy atom. The van der Waals surface area contributed by atoms with Gasteiger partial charge in [-0.15, -0.1) is 0 Å². The molecule has 0 aromatic heterocycles. The highest BCUT2D eigenvalue weighted by molar-refractivity contribution is 7.89. The Bertz CT molecular complexity index is 2200. The van der Waals surface area contributed by atoms with E-state index in [1.165, 1.54) is 22.6 Å². The molecule has 6 unspecified atom stereocenters. The molecule has 7 rings (SSSR count). The van der Waals surface area contributed by atoms with Gasteiger partial charge >= 0.3 is 12.0 Å². The van der Waals surface area contributed by atoms with Gasteiger partial charge in [-0.1, -0.05) is 148 Å². The van der Waals surface area contributed by atoms with Crippen molar-refractivity contribution < 1.29 is 22.7 Å². The zero-order valence-corrected chi connectivity index (χ0v) is 31.9. The summed E-state index contributed by atoms with van der Waals surface area (Å²) in [6, 6.07) is 35.7. The van der Waals surface area contributed by atoms with Crippen LogP contribution in [0.3, 0.4) is 0 Å². The number of hydrogen-bond donors (Lipinski definition) is 0. The highest BCUT2D eigenvalue weighted by atomic mass is 32.2. The molecule has 2 aliphatic rings.